The SMILES string of the molecule is OCCC1CCCN1c1ccc2c(c1)OCCO2. The van der Waals surface area contributed by atoms with Crippen LogP contribution >= 0.6 is 0 Å². The molecule has 1 aromatic rings. The van der Waals surface area contributed by atoms with Crippen LogP contribution in [0.5, 0.6) is 11.5 Å². The first-order valence-electron chi connectivity index (χ1n) is 6.65. The number of hydrogen-bond donors (Lipinski definition) is 1. The maximum Gasteiger partial charge on any atom is 0.163 e. The molecule has 4 heteroatoms. The molecule has 1 aromatic carbocycles. The molecule has 1 atom stereocenters. The zero-order valence-electron chi connectivity index (χ0n) is 10.5. The van der Waals surface area contributed by atoms with Crippen LogP contribution in [0.3, 0.4) is 0 Å². The van der Waals surface area contributed by atoms with E-state index < -0.39 is 0 Å². The van der Waals surface area contributed by atoms with Crippen LogP contribution in [-0.4, -0.2) is 37.5 Å². The van der Waals surface area contributed by atoms with Crippen molar-refractivity contribution in [1.82, 2.24) is 0 Å². The summed E-state index contributed by atoms with van der Waals surface area (Å²) in [6, 6.07) is 6.59. The van der Waals surface area contributed by atoms with E-state index in [0.717, 1.165) is 30.9 Å². The second-order valence-corrected chi connectivity index (χ2v) is 4.83. The van der Waals surface area contributed by atoms with Gasteiger partial charge >= 0.3 is 0 Å². The maximum absolute atomic E-state index is 9.11. The van der Waals surface area contributed by atoms with Crippen LogP contribution in [-0.2, 0) is 0 Å². The second-order valence-electron chi connectivity index (χ2n) is 4.83. The zero-order valence-corrected chi connectivity index (χ0v) is 10.5. The lowest BCUT2D eigenvalue weighted by atomic mass is 10.1. The highest BCUT2D eigenvalue weighted by Crippen LogP contribution is 2.36. The molecular formula is C14H19NO3. The molecule has 0 spiro atoms. The van der Waals surface area contributed by atoms with Gasteiger partial charge in [0.05, 0.1) is 0 Å². The van der Waals surface area contributed by atoms with Crippen LogP contribution < -0.4 is 14.4 Å². The normalized spacial score (nSPS) is 22.3. The van der Waals surface area contributed by atoms with Gasteiger partial charge in [0.1, 0.15) is 13.2 Å². The number of aliphatic hydroxyl groups is 1. The van der Waals surface area contributed by atoms with Crippen molar-refractivity contribution in [2.75, 3.05) is 31.3 Å². The van der Waals surface area contributed by atoms with E-state index in [1.54, 1.807) is 0 Å². The van der Waals surface area contributed by atoms with Gasteiger partial charge in [0, 0.05) is 30.9 Å². The number of nitrogens with zero attached hydrogens (tertiary/aromatic N) is 1. The van der Waals surface area contributed by atoms with Crippen LogP contribution in [0.1, 0.15) is 19.3 Å². The van der Waals surface area contributed by atoms with Crippen molar-refractivity contribution < 1.29 is 14.6 Å². The minimum atomic E-state index is 0.256. The molecule has 3 rings (SSSR count). The molecule has 1 unspecified atom stereocenters. The van der Waals surface area contributed by atoms with Gasteiger partial charge in [0.2, 0.25) is 0 Å². The monoisotopic (exact) mass is 249 g/mol. The lowest BCUT2D eigenvalue weighted by Gasteiger charge is -2.28. The summed E-state index contributed by atoms with van der Waals surface area (Å²) in [6.45, 7) is 2.57. The third kappa shape index (κ3) is 2.12. The van der Waals surface area contributed by atoms with Gasteiger partial charge in [-0.15, -0.1) is 0 Å². The molecule has 1 N–H and O–H groups in total. The third-order valence-corrected chi connectivity index (χ3v) is 3.70. The van der Waals surface area contributed by atoms with Crippen molar-refractivity contribution in [3.8, 4) is 11.5 Å². The number of fused-ring (bicyclic) bond motifs is 1. The highest BCUT2D eigenvalue weighted by atomic mass is 16.6. The average Bonchev–Trinajstić information content (AvgIpc) is 2.87. The van der Waals surface area contributed by atoms with Gasteiger partial charge in [-0.25, -0.2) is 0 Å². The van der Waals surface area contributed by atoms with Crippen molar-refractivity contribution in [3.05, 3.63) is 18.2 Å². The molecule has 2 heterocycles. The van der Waals surface area contributed by atoms with Crippen molar-refractivity contribution >= 4 is 5.69 Å². The van der Waals surface area contributed by atoms with Gasteiger partial charge in [-0.2, -0.15) is 0 Å². The Morgan fingerprint density at radius 3 is 2.89 bits per heavy atom. The molecule has 98 valence electrons. The van der Waals surface area contributed by atoms with E-state index in [1.165, 1.54) is 12.1 Å². The molecular weight excluding hydrogens is 230 g/mol. The topological polar surface area (TPSA) is 41.9 Å². The van der Waals surface area contributed by atoms with E-state index in [2.05, 4.69) is 17.0 Å². The lowest BCUT2D eigenvalue weighted by molar-refractivity contribution is 0.171. The van der Waals surface area contributed by atoms with Crippen molar-refractivity contribution in [2.45, 2.75) is 25.3 Å². The molecule has 1 saturated heterocycles. The molecule has 0 amide bonds. The molecule has 0 radical (unpaired) electrons. The summed E-state index contributed by atoms with van der Waals surface area (Å²) >= 11 is 0. The molecule has 0 saturated carbocycles. The van der Waals surface area contributed by atoms with Gasteiger partial charge in [0.15, 0.2) is 11.5 Å². The molecule has 2 aliphatic rings. The number of benzene rings is 1. The zero-order chi connectivity index (χ0) is 12.4. The summed E-state index contributed by atoms with van der Waals surface area (Å²) in [7, 11) is 0. The lowest BCUT2D eigenvalue weighted by Crippen LogP contribution is -2.30. The van der Waals surface area contributed by atoms with E-state index in [9.17, 15) is 0 Å². The van der Waals surface area contributed by atoms with Gasteiger partial charge in [-0.1, -0.05) is 0 Å². The Kier molecular flexibility index (Phi) is 3.28. The first-order chi connectivity index (χ1) is 8.88. The predicted octanol–water partition coefficient (Wildman–Crippen LogP) is 1.81. The highest BCUT2D eigenvalue weighted by Gasteiger charge is 2.25. The van der Waals surface area contributed by atoms with Crippen molar-refractivity contribution in [2.24, 2.45) is 0 Å². The number of anilines is 1. The number of aliphatic hydroxyl groups excluding tert-OH is 1. The van der Waals surface area contributed by atoms with Crippen LogP contribution in [0, 0.1) is 0 Å². The van der Waals surface area contributed by atoms with E-state index >= 15 is 0 Å². The Morgan fingerprint density at radius 2 is 2.06 bits per heavy atom. The minimum absolute atomic E-state index is 0.256. The fourth-order valence-electron chi connectivity index (χ4n) is 2.84. The molecule has 4 nitrogen and oxygen atoms in total. The summed E-state index contributed by atoms with van der Waals surface area (Å²) in [5, 5.41) is 9.11. The fourth-order valence-corrected chi connectivity index (χ4v) is 2.84. The summed E-state index contributed by atoms with van der Waals surface area (Å²) in [6.07, 6.45) is 3.20. The third-order valence-electron chi connectivity index (χ3n) is 3.70. The Bertz CT molecular complexity index is 422. The predicted molar refractivity (Wildman–Crippen MR) is 69.5 cm³/mol. The fraction of sp³-hybridized carbons (Fsp3) is 0.571. The number of ether oxygens (including phenoxy) is 2. The Hall–Kier alpha value is -1.42. The first kappa shape index (κ1) is 11.7. The van der Waals surface area contributed by atoms with E-state index in [0.29, 0.717) is 19.3 Å². The van der Waals surface area contributed by atoms with Crippen LogP contribution in [0.4, 0.5) is 5.69 Å². The maximum atomic E-state index is 9.11. The Labute approximate surface area is 107 Å². The Morgan fingerprint density at radius 1 is 1.22 bits per heavy atom. The van der Waals surface area contributed by atoms with Crippen molar-refractivity contribution in [1.29, 1.82) is 0 Å². The minimum Gasteiger partial charge on any atom is -0.486 e. The summed E-state index contributed by atoms with van der Waals surface area (Å²) in [5.41, 5.74) is 1.18. The van der Waals surface area contributed by atoms with Gasteiger partial charge in [0.25, 0.3) is 0 Å². The second kappa shape index (κ2) is 5.06. The molecule has 0 bridgehead atoms. The molecule has 0 aromatic heterocycles. The average molecular weight is 249 g/mol. The summed E-state index contributed by atoms with van der Waals surface area (Å²) in [5.74, 6) is 1.68. The highest BCUT2D eigenvalue weighted by molar-refractivity contribution is 5.57. The van der Waals surface area contributed by atoms with Gasteiger partial charge in [-0.05, 0) is 31.4 Å². The molecule has 18 heavy (non-hydrogen) atoms. The van der Waals surface area contributed by atoms with E-state index in [4.69, 9.17) is 14.6 Å². The number of rotatable bonds is 3. The Balaban J connectivity index is 1.83. The van der Waals surface area contributed by atoms with Gasteiger partial charge in [-0.3, -0.25) is 0 Å². The smallest absolute Gasteiger partial charge is 0.163 e. The van der Waals surface area contributed by atoms with Crippen molar-refractivity contribution in [3.63, 3.8) is 0 Å². The summed E-state index contributed by atoms with van der Waals surface area (Å²) in [4.78, 5) is 2.37. The van der Waals surface area contributed by atoms with Crippen LogP contribution in [0.15, 0.2) is 18.2 Å². The quantitative estimate of drug-likeness (QED) is 0.887. The largest absolute Gasteiger partial charge is 0.486 e. The van der Waals surface area contributed by atoms with Crippen LogP contribution in [0.25, 0.3) is 0 Å². The molecule has 2 aliphatic heterocycles. The molecule has 0 aliphatic carbocycles. The molecule has 1 fully saturated rings. The van der Waals surface area contributed by atoms with E-state index in [-0.39, 0.29) is 6.61 Å². The standard InChI is InChI=1S/C14H19NO3/c16-7-5-11-2-1-6-15(11)12-3-4-13-14(10-12)18-9-8-17-13/h3-4,10-11,16H,1-2,5-9H2. The van der Waals surface area contributed by atoms with E-state index in [1.807, 2.05) is 6.07 Å². The van der Waals surface area contributed by atoms with Gasteiger partial charge < -0.3 is 19.5 Å². The summed E-state index contributed by atoms with van der Waals surface area (Å²) < 4.78 is 11.1. The van der Waals surface area contributed by atoms with Crippen LogP contribution in [0.2, 0.25) is 0 Å². The first-order valence-corrected chi connectivity index (χ1v) is 6.65. The number of hydrogen-bond acceptors (Lipinski definition) is 4.